The Morgan fingerprint density at radius 3 is 3.00 bits per heavy atom. The Morgan fingerprint density at radius 2 is 2.27 bits per heavy atom. The zero-order valence-corrected chi connectivity index (χ0v) is 12.4. The third-order valence-electron chi connectivity index (χ3n) is 2.80. The van der Waals surface area contributed by atoms with Gasteiger partial charge in [0.2, 0.25) is 0 Å². The number of aryl methyl sites for hydroxylation is 1. The van der Waals surface area contributed by atoms with Crippen molar-refractivity contribution in [3.05, 3.63) is 57.7 Å². The van der Waals surface area contributed by atoms with E-state index in [9.17, 15) is 9.59 Å². The van der Waals surface area contributed by atoms with E-state index in [-0.39, 0.29) is 17.9 Å². The van der Waals surface area contributed by atoms with E-state index in [1.54, 1.807) is 17.7 Å². The third kappa shape index (κ3) is 2.96. The number of esters is 1. The van der Waals surface area contributed by atoms with E-state index in [0.29, 0.717) is 11.5 Å². The van der Waals surface area contributed by atoms with Crippen molar-refractivity contribution in [3.8, 4) is 10.8 Å². The molecule has 0 unspecified atom stereocenters. The quantitative estimate of drug-likeness (QED) is 0.683. The van der Waals surface area contributed by atoms with Crippen LogP contribution in [0, 0.1) is 0 Å². The summed E-state index contributed by atoms with van der Waals surface area (Å²) < 4.78 is 11.5. The first-order valence-electron chi connectivity index (χ1n) is 6.33. The Morgan fingerprint density at radius 1 is 1.41 bits per heavy atom. The second kappa shape index (κ2) is 5.94. The topological polar surface area (TPSA) is 87.2 Å². The number of thiazole rings is 1. The molecule has 0 spiro atoms. The van der Waals surface area contributed by atoms with Gasteiger partial charge in [0.15, 0.2) is 16.5 Å². The van der Waals surface area contributed by atoms with Gasteiger partial charge < -0.3 is 9.15 Å². The first-order chi connectivity index (χ1) is 10.6. The summed E-state index contributed by atoms with van der Waals surface area (Å²) in [5.41, 5.74) is 0.400. The number of furan rings is 1. The van der Waals surface area contributed by atoms with Crippen LogP contribution in [0.25, 0.3) is 10.8 Å². The molecule has 3 rings (SSSR count). The van der Waals surface area contributed by atoms with Crippen LogP contribution in [0.1, 0.15) is 16.2 Å². The Hall–Kier alpha value is -2.74. The van der Waals surface area contributed by atoms with Gasteiger partial charge in [0, 0.05) is 18.5 Å². The summed E-state index contributed by atoms with van der Waals surface area (Å²) >= 11 is 1.40. The highest BCUT2D eigenvalue weighted by Gasteiger charge is 2.12. The highest BCUT2D eigenvalue weighted by molar-refractivity contribution is 7.13. The fourth-order valence-electron chi connectivity index (χ4n) is 1.71. The molecule has 7 nitrogen and oxygen atoms in total. The van der Waals surface area contributed by atoms with Crippen LogP contribution >= 0.6 is 11.3 Å². The number of rotatable bonds is 4. The maximum absolute atomic E-state index is 11.9. The van der Waals surface area contributed by atoms with Crippen molar-refractivity contribution < 1.29 is 13.9 Å². The van der Waals surface area contributed by atoms with E-state index in [0.717, 1.165) is 9.69 Å². The summed E-state index contributed by atoms with van der Waals surface area (Å²) in [6.45, 7) is 0.0283. The molecule has 8 heteroatoms. The van der Waals surface area contributed by atoms with E-state index in [1.165, 1.54) is 30.5 Å². The average Bonchev–Trinajstić information content (AvgIpc) is 3.18. The largest absolute Gasteiger partial charge is 0.462 e. The summed E-state index contributed by atoms with van der Waals surface area (Å²) in [6.07, 6.45) is 1.57. The minimum absolute atomic E-state index is 0.0283. The molecule has 112 valence electrons. The molecule has 0 aromatic carbocycles. The second-order valence-corrected chi connectivity index (χ2v) is 5.24. The van der Waals surface area contributed by atoms with Gasteiger partial charge in [-0.1, -0.05) is 0 Å². The van der Waals surface area contributed by atoms with Crippen LogP contribution in [0.4, 0.5) is 0 Å². The van der Waals surface area contributed by atoms with Gasteiger partial charge in [-0.25, -0.2) is 14.5 Å². The lowest BCUT2D eigenvalue weighted by molar-refractivity contribution is 0.0458. The van der Waals surface area contributed by atoms with Crippen LogP contribution in [0.3, 0.4) is 0 Å². The number of hydrogen-bond donors (Lipinski definition) is 0. The Bertz CT molecular complexity index is 851. The monoisotopic (exact) mass is 317 g/mol. The van der Waals surface area contributed by atoms with Gasteiger partial charge >= 0.3 is 5.97 Å². The molecule has 0 saturated heterocycles. The normalized spacial score (nSPS) is 10.6. The number of carbonyl (C=O) groups is 1. The van der Waals surface area contributed by atoms with Crippen LogP contribution in [-0.2, 0) is 18.4 Å². The van der Waals surface area contributed by atoms with Crippen LogP contribution in [0.2, 0.25) is 0 Å². The van der Waals surface area contributed by atoms with Crippen molar-refractivity contribution in [1.82, 2.24) is 14.8 Å². The van der Waals surface area contributed by atoms with Crippen LogP contribution < -0.4 is 5.56 Å². The lowest BCUT2D eigenvalue weighted by Crippen LogP contribution is -2.21. The predicted octanol–water partition coefficient (Wildman–Crippen LogP) is 1.85. The zero-order valence-electron chi connectivity index (χ0n) is 11.6. The predicted molar refractivity (Wildman–Crippen MR) is 78.4 cm³/mol. The summed E-state index contributed by atoms with van der Waals surface area (Å²) in [4.78, 5) is 27.4. The smallest absolute Gasteiger partial charge is 0.359 e. The van der Waals surface area contributed by atoms with Crippen molar-refractivity contribution in [3.63, 3.8) is 0 Å². The minimum Gasteiger partial charge on any atom is -0.462 e. The first-order valence-corrected chi connectivity index (χ1v) is 7.21. The molecule has 0 aliphatic rings. The molecular weight excluding hydrogens is 306 g/mol. The van der Waals surface area contributed by atoms with Crippen molar-refractivity contribution in [2.45, 2.75) is 6.61 Å². The number of ether oxygens (including phenoxy) is 1. The molecule has 0 bridgehead atoms. The Labute approximate surface area is 128 Å². The second-order valence-electron chi connectivity index (χ2n) is 4.38. The lowest BCUT2D eigenvalue weighted by Gasteiger charge is -2.03. The zero-order chi connectivity index (χ0) is 15.5. The Balaban J connectivity index is 1.66. The fraction of sp³-hybridized carbons (Fsp3) is 0.143. The molecule has 22 heavy (non-hydrogen) atoms. The summed E-state index contributed by atoms with van der Waals surface area (Å²) in [7, 11) is 1.47. The summed E-state index contributed by atoms with van der Waals surface area (Å²) in [6, 6.07) is 6.19. The maximum atomic E-state index is 11.9. The summed E-state index contributed by atoms with van der Waals surface area (Å²) in [5.74, 6) is 0.0606. The molecule has 0 amide bonds. The lowest BCUT2D eigenvalue weighted by atomic mass is 10.4. The SMILES string of the molecule is Cn1nc(C(=O)OCc2csc(-c3ccco3)n2)ccc1=O. The fourth-order valence-corrected chi connectivity index (χ4v) is 2.48. The van der Waals surface area contributed by atoms with Gasteiger partial charge in [0.05, 0.1) is 12.0 Å². The van der Waals surface area contributed by atoms with Crippen molar-refractivity contribution >= 4 is 17.3 Å². The number of aromatic nitrogens is 3. The van der Waals surface area contributed by atoms with Gasteiger partial charge in [-0.2, -0.15) is 5.10 Å². The van der Waals surface area contributed by atoms with E-state index < -0.39 is 5.97 Å². The van der Waals surface area contributed by atoms with E-state index in [4.69, 9.17) is 9.15 Å². The molecule has 0 N–H and O–H groups in total. The first kappa shape index (κ1) is 14.2. The molecule has 3 aromatic rings. The Kier molecular flexibility index (Phi) is 3.84. The minimum atomic E-state index is -0.608. The van der Waals surface area contributed by atoms with Crippen LogP contribution in [0.5, 0.6) is 0 Å². The average molecular weight is 317 g/mol. The molecule has 3 heterocycles. The third-order valence-corrected chi connectivity index (χ3v) is 3.71. The molecule has 0 atom stereocenters. The van der Waals surface area contributed by atoms with Crippen molar-refractivity contribution in [2.24, 2.45) is 7.05 Å². The number of hydrogen-bond acceptors (Lipinski definition) is 7. The van der Waals surface area contributed by atoms with E-state index >= 15 is 0 Å². The van der Waals surface area contributed by atoms with Gasteiger partial charge in [-0.05, 0) is 18.2 Å². The molecule has 0 aliphatic carbocycles. The molecule has 0 radical (unpaired) electrons. The van der Waals surface area contributed by atoms with Crippen molar-refractivity contribution in [1.29, 1.82) is 0 Å². The van der Waals surface area contributed by atoms with E-state index in [1.807, 2.05) is 6.07 Å². The molecule has 0 aliphatic heterocycles. The highest BCUT2D eigenvalue weighted by atomic mass is 32.1. The molecular formula is C14H11N3O4S. The van der Waals surface area contributed by atoms with Crippen LogP contribution in [-0.4, -0.2) is 20.7 Å². The highest BCUT2D eigenvalue weighted by Crippen LogP contribution is 2.24. The van der Waals surface area contributed by atoms with Crippen molar-refractivity contribution in [2.75, 3.05) is 0 Å². The van der Waals surface area contributed by atoms with Gasteiger partial charge in [0.25, 0.3) is 5.56 Å². The number of nitrogens with zero attached hydrogens (tertiary/aromatic N) is 3. The van der Waals surface area contributed by atoms with Gasteiger partial charge in [-0.15, -0.1) is 11.3 Å². The van der Waals surface area contributed by atoms with Gasteiger partial charge in [0.1, 0.15) is 6.61 Å². The molecule has 0 fully saturated rings. The molecule has 0 saturated carbocycles. The van der Waals surface area contributed by atoms with Gasteiger partial charge in [-0.3, -0.25) is 4.79 Å². The number of carbonyl (C=O) groups excluding carboxylic acids is 1. The van der Waals surface area contributed by atoms with E-state index in [2.05, 4.69) is 10.1 Å². The standard InChI is InChI=1S/C14H11N3O4S/c1-17-12(18)5-4-10(16-17)14(19)21-7-9-8-22-13(15-9)11-3-2-6-20-11/h2-6,8H,7H2,1H3. The maximum Gasteiger partial charge on any atom is 0.359 e. The summed E-state index contributed by atoms with van der Waals surface area (Å²) in [5, 5.41) is 6.34. The van der Waals surface area contributed by atoms with Crippen LogP contribution in [0.15, 0.2) is 45.1 Å². The molecule has 3 aromatic heterocycles.